The highest BCUT2D eigenvalue weighted by Crippen LogP contribution is 2.30. The Morgan fingerprint density at radius 3 is 2.27 bits per heavy atom. The lowest BCUT2D eigenvalue weighted by atomic mass is 10.1. The van der Waals surface area contributed by atoms with Crippen LogP contribution in [0.5, 0.6) is 11.5 Å². The first-order valence-corrected chi connectivity index (χ1v) is 9.49. The van der Waals surface area contributed by atoms with Crippen LogP contribution in [0.4, 0.5) is 5.69 Å². The molecule has 1 aliphatic heterocycles. The quantitative estimate of drug-likeness (QED) is 0.725. The monoisotopic (exact) mass is 394 g/mol. The van der Waals surface area contributed by atoms with Gasteiger partial charge >= 0.3 is 0 Å². The van der Waals surface area contributed by atoms with Crippen molar-refractivity contribution in [2.24, 2.45) is 0 Å². The fourth-order valence-corrected chi connectivity index (χ4v) is 3.80. The van der Waals surface area contributed by atoms with Crippen LogP contribution in [-0.2, 0) is 6.42 Å². The number of methoxy groups -OCH3 is 2. The van der Waals surface area contributed by atoms with Crippen molar-refractivity contribution in [3.8, 4) is 11.5 Å². The van der Waals surface area contributed by atoms with Gasteiger partial charge in [-0.1, -0.05) is 29.3 Å². The molecular weight excluding hydrogens is 371 g/mol. The van der Waals surface area contributed by atoms with Crippen LogP contribution in [0.2, 0.25) is 10.0 Å². The molecule has 1 heterocycles. The minimum Gasteiger partial charge on any atom is -0.493 e. The third-order valence-electron chi connectivity index (χ3n) is 4.79. The molecule has 4 nitrogen and oxygen atoms in total. The van der Waals surface area contributed by atoms with Crippen molar-refractivity contribution in [3.05, 3.63) is 52.0 Å². The molecule has 0 unspecified atom stereocenters. The summed E-state index contributed by atoms with van der Waals surface area (Å²) >= 11 is 12.3. The normalized spacial score (nSPS) is 15.2. The fourth-order valence-electron chi connectivity index (χ4n) is 3.27. The molecular formula is C20H24Cl2N2O2. The standard InChI is InChI=1S/C20H24Cl2N2O2/c1-25-19-6-3-15(13-20(19)26-2)7-8-23-9-11-24(12-10-23)18-5-4-16(21)14-17(18)22/h3-6,13-14H,7-12H2,1-2H3. The van der Waals surface area contributed by atoms with Crippen molar-refractivity contribution in [3.63, 3.8) is 0 Å². The Balaban J connectivity index is 1.53. The van der Waals surface area contributed by atoms with Gasteiger partial charge in [0.25, 0.3) is 0 Å². The molecule has 0 radical (unpaired) electrons. The minimum absolute atomic E-state index is 0.673. The molecule has 0 N–H and O–H groups in total. The Kier molecular flexibility index (Phi) is 6.52. The highest BCUT2D eigenvalue weighted by Gasteiger charge is 2.19. The molecule has 0 aliphatic carbocycles. The first-order valence-electron chi connectivity index (χ1n) is 8.74. The third-order valence-corrected chi connectivity index (χ3v) is 5.33. The van der Waals surface area contributed by atoms with Gasteiger partial charge in [0, 0.05) is 37.7 Å². The van der Waals surface area contributed by atoms with Gasteiger partial charge in [0.05, 0.1) is 24.9 Å². The number of rotatable bonds is 6. The highest BCUT2D eigenvalue weighted by molar-refractivity contribution is 6.36. The third kappa shape index (κ3) is 4.56. The van der Waals surface area contributed by atoms with Crippen LogP contribution in [0, 0.1) is 0 Å². The Morgan fingerprint density at radius 1 is 0.885 bits per heavy atom. The maximum Gasteiger partial charge on any atom is 0.160 e. The van der Waals surface area contributed by atoms with Gasteiger partial charge in [0.1, 0.15) is 0 Å². The molecule has 0 saturated carbocycles. The number of hydrogen-bond acceptors (Lipinski definition) is 4. The predicted octanol–water partition coefficient (Wildman–Crippen LogP) is 4.38. The number of anilines is 1. The van der Waals surface area contributed by atoms with Gasteiger partial charge in [-0.3, -0.25) is 4.90 Å². The summed E-state index contributed by atoms with van der Waals surface area (Å²) in [5, 5.41) is 1.39. The van der Waals surface area contributed by atoms with Gasteiger partial charge in [-0.2, -0.15) is 0 Å². The summed E-state index contributed by atoms with van der Waals surface area (Å²) in [6.45, 7) is 5.00. The van der Waals surface area contributed by atoms with E-state index in [1.165, 1.54) is 5.56 Å². The number of benzene rings is 2. The number of ether oxygens (including phenoxy) is 2. The van der Waals surface area contributed by atoms with E-state index in [9.17, 15) is 0 Å². The van der Waals surface area contributed by atoms with Gasteiger partial charge in [-0.05, 0) is 42.3 Å². The molecule has 2 aromatic rings. The Hall–Kier alpha value is -1.62. The van der Waals surface area contributed by atoms with Crippen LogP contribution in [0.15, 0.2) is 36.4 Å². The molecule has 3 rings (SSSR count). The highest BCUT2D eigenvalue weighted by atomic mass is 35.5. The molecule has 26 heavy (non-hydrogen) atoms. The molecule has 6 heteroatoms. The van der Waals surface area contributed by atoms with Gasteiger partial charge in [-0.15, -0.1) is 0 Å². The molecule has 0 bridgehead atoms. The van der Waals surface area contributed by atoms with Crippen LogP contribution in [0.25, 0.3) is 0 Å². The van der Waals surface area contributed by atoms with Crippen LogP contribution in [0.3, 0.4) is 0 Å². The molecule has 0 aromatic heterocycles. The smallest absolute Gasteiger partial charge is 0.160 e. The van der Waals surface area contributed by atoms with E-state index in [-0.39, 0.29) is 0 Å². The van der Waals surface area contributed by atoms with Crippen molar-refractivity contribution in [1.82, 2.24) is 4.90 Å². The first-order chi connectivity index (χ1) is 12.6. The molecule has 2 aromatic carbocycles. The van der Waals surface area contributed by atoms with Crippen LogP contribution in [0.1, 0.15) is 5.56 Å². The van der Waals surface area contributed by atoms with Gasteiger partial charge < -0.3 is 14.4 Å². The van der Waals surface area contributed by atoms with E-state index < -0.39 is 0 Å². The van der Waals surface area contributed by atoms with E-state index in [2.05, 4.69) is 21.9 Å². The lowest BCUT2D eigenvalue weighted by Crippen LogP contribution is -2.47. The summed E-state index contributed by atoms with van der Waals surface area (Å²) in [5.41, 5.74) is 2.32. The average molecular weight is 395 g/mol. The van der Waals surface area contributed by atoms with Crippen LogP contribution < -0.4 is 14.4 Å². The molecule has 1 fully saturated rings. The Morgan fingerprint density at radius 2 is 1.62 bits per heavy atom. The number of halogens is 2. The summed E-state index contributed by atoms with van der Waals surface area (Å²) in [4.78, 5) is 4.81. The molecule has 0 amide bonds. The van der Waals surface area contributed by atoms with E-state index in [1.54, 1.807) is 14.2 Å². The van der Waals surface area contributed by atoms with Crippen LogP contribution >= 0.6 is 23.2 Å². The van der Waals surface area contributed by atoms with Gasteiger partial charge in [0.15, 0.2) is 11.5 Å². The number of nitrogens with zero attached hydrogens (tertiary/aromatic N) is 2. The van der Waals surface area contributed by atoms with Gasteiger partial charge in [-0.25, -0.2) is 0 Å². The van der Waals surface area contributed by atoms with Crippen molar-refractivity contribution in [2.45, 2.75) is 6.42 Å². The Labute approximate surface area is 165 Å². The summed E-state index contributed by atoms with van der Waals surface area (Å²) in [7, 11) is 3.33. The van der Waals surface area contributed by atoms with Crippen molar-refractivity contribution in [2.75, 3.05) is 51.8 Å². The molecule has 0 atom stereocenters. The summed E-state index contributed by atoms with van der Waals surface area (Å²) in [6.07, 6.45) is 0.988. The summed E-state index contributed by atoms with van der Waals surface area (Å²) < 4.78 is 10.7. The predicted molar refractivity (Wildman–Crippen MR) is 108 cm³/mol. The van der Waals surface area contributed by atoms with E-state index in [4.69, 9.17) is 32.7 Å². The second kappa shape index (κ2) is 8.85. The number of hydrogen-bond donors (Lipinski definition) is 0. The maximum atomic E-state index is 6.33. The maximum absolute atomic E-state index is 6.33. The van der Waals surface area contributed by atoms with E-state index in [1.807, 2.05) is 24.3 Å². The van der Waals surface area contributed by atoms with Crippen molar-refractivity contribution in [1.29, 1.82) is 0 Å². The molecule has 1 aliphatic rings. The van der Waals surface area contributed by atoms with Crippen molar-refractivity contribution < 1.29 is 9.47 Å². The van der Waals surface area contributed by atoms with Gasteiger partial charge in [0.2, 0.25) is 0 Å². The lowest BCUT2D eigenvalue weighted by molar-refractivity contribution is 0.261. The molecule has 140 valence electrons. The second-order valence-electron chi connectivity index (χ2n) is 6.36. The Bertz CT molecular complexity index is 747. The number of piperazine rings is 1. The lowest BCUT2D eigenvalue weighted by Gasteiger charge is -2.36. The average Bonchev–Trinajstić information content (AvgIpc) is 2.66. The summed E-state index contributed by atoms with van der Waals surface area (Å²) in [5.74, 6) is 1.55. The topological polar surface area (TPSA) is 24.9 Å². The van der Waals surface area contributed by atoms with E-state index in [0.717, 1.165) is 61.4 Å². The molecule has 1 saturated heterocycles. The zero-order valence-corrected chi connectivity index (χ0v) is 16.7. The minimum atomic E-state index is 0.673. The zero-order chi connectivity index (χ0) is 18.5. The second-order valence-corrected chi connectivity index (χ2v) is 7.21. The van der Waals surface area contributed by atoms with E-state index >= 15 is 0 Å². The fraction of sp³-hybridized carbons (Fsp3) is 0.400. The SMILES string of the molecule is COc1ccc(CCN2CCN(c3ccc(Cl)cc3Cl)CC2)cc1OC. The molecule has 0 spiro atoms. The van der Waals surface area contributed by atoms with Crippen LogP contribution in [-0.4, -0.2) is 51.8 Å². The van der Waals surface area contributed by atoms with Crippen molar-refractivity contribution >= 4 is 28.9 Å². The van der Waals surface area contributed by atoms with E-state index in [0.29, 0.717) is 5.02 Å². The largest absolute Gasteiger partial charge is 0.493 e. The first kappa shape index (κ1) is 19.2. The zero-order valence-electron chi connectivity index (χ0n) is 15.2. The summed E-state index contributed by atoms with van der Waals surface area (Å²) in [6, 6.07) is 11.8.